The maximum absolute atomic E-state index is 11.3. The first-order valence-electron chi connectivity index (χ1n) is 3.92. The molecule has 0 amide bonds. The highest BCUT2D eigenvalue weighted by molar-refractivity contribution is 7.94. The van der Waals surface area contributed by atoms with E-state index in [4.69, 9.17) is 5.11 Å². The van der Waals surface area contributed by atoms with Gasteiger partial charge in [0.15, 0.2) is 9.84 Å². The summed E-state index contributed by atoms with van der Waals surface area (Å²) in [6, 6.07) is 0. The van der Waals surface area contributed by atoms with E-state index < -0.39 is 21.1 Å². The normalized spacial score (nSPS) is 15.1. The molecule has 0 aliphatic rings. The zero-order chi connectivity index (χ0) is 10.6. The lowest BCUT2D eigenvalue weighted by Crippen LogP contribution is -2.21. The monoisotopic (exact) mass is 206 g/mol. The number of rotatable bonds is 4. The van der Waals surface area contributed by atoms with Gasteiger partial charge in [0.05, 0.1) is 5.25 Å². The molecule has 0 heterocycles. The maximum Gasteiger partial charge on any atom is 0.329 e. The lowest BCUT2D eigenvalue weighted by molar-refractivity contribution is -0.131. The van der Waals surface area contributed by atoms with Gasteiger partial charge in [-0.25, -0.2) is 13.2 Å². The van der Waals surface area contributed by atoms with Gasteiger partial charge < -0.3 is 5.11 Å². The molecule has 0 spiro atoms. The number of sulfone groups is 1. The first kappa shape index (κ1) is 12.2. The molecule has 0 saturated heterocycles. The topological polar surface area (TPSA) is 71.4 Å². The average molecular weight is 206 g/mol. The average Bonchev–Trinajstić information content (AvgIpc) is 1.99. The molecular weight excluding hydrogens is 192 g/mol. The summed E-state index contributed by atoms with van der Waals surface area (Å²) in [5.74, 6) is -1.28. The second kappa shape index (κ2) is 4.41. The lowest BCUT2D eigenvalue weighted by Gasteiger charge is -2.12. The minimum Gasteiger partial charge on any atom is -0.478 e. The Hall–Kier alpha value is -0.840. The van der Waals surface area contributed by atoms with Crippen molar-refractivity contribution < 1.29 is 18.3 Å². The molecule has 0 radical (unpaired) electrons. The standard InChI is InChI=1S/C8H14O4S/c1-6(2)7(3)13(11,12)5-4-8(9)10/h4-7H,1-3H3,(H,9,10)/b5-4+. The third-order valence-corrected chi connectivity index (χ3v) is 3.95. The molecule has 0 aromatic carbocycles. The van der Waals surface area contributed by atoms with Gasteiger partial charge in [-0.3, -0.25) is 0 Å². The Morgan fingerprint density at radius 2 is 1.77 bits per heavy atom. The van der Waals surface area contributed by atoms with Crippen molar-refractivity contribution in [2.75, 3.05) is 0 Å². The van der Waals surface area contributed by atoms with Gasteiger partial charge in [0, 0.05) is 11.5 Å². The highest BCUT2D eigenvalue weighted by Gasteiger charge is 2.20. The smallest absolute Gasteiger partial charge is 0.329 e. The predicted molar refractivity (Wildman–Crippen MR) is 50.0 cm³/mol. The van der Waals surface area contributed by atoms with Gasteiger partial charge in [-0.05, 0) is 12.8 Å². The number of carboxylic acids is 1. The fraction of sp³-hybridized carbons (Fsp3) is 0.625. The Morgan fingerprint density at radius 3 is 2.08 bits per heavy atom. The van der Waals surface area contributed by atoms with Crippen LogP contribution in [-0.4, -0.2) is 24.7 Å². The predicted octanol–water partition coefficient (Wildman–Crippen LogP) is 1.04. The van der Waals surface area contributed by atoms with E-state index in [0.717, 1.165) is 5.41 Å². The van der Waals surface area contributed by atoms with E-state index in [1.807, 2.05) is 0 Å². The molecule has 0 aromatic heterocycles. The molecule has 0 fully saturated rings. The highest BCUT2D eigenvalue weighted by atomic mass is 32.2. The molecule has 76 valence electrons. The Labute approximate surface area is 78.2 Å². The van der Waals surface area contributed by atoms with E-state index in [-0.39, 0.29) is 5.92 Å². The minimum atomic E-state index is -3.42. The summed E-state index contributed by atoms with van der Waals surface area (Å²) >= 11 is 0. The maximum atomic E-state index is 11.3. The van der Waals surface area contributed by atoms with E-state index in [9.17, 15) is 13.2 Å². The van der Waals surface area contributed by atoms with Crippen LogP contribution in [-0.2, 0) is 14.6 Å². The van der Waals surface area contributed by atoms with Gasteiger partial charge in [-0.2, -0.15) is 0 Å². The van der Waals surface area contributed by atoms with Gasteiger partial charge in [0.25, 0.3) is 0 Å². The van der Waals surface area contributed by atoms with Gasteiger partial charge in [0.2, 0.25) is 0 Å². The summed E-state index contributed by atoms with van der Waals surface area (Å²) in [7, 11) is -3.42. The lowest BCUT2D eigenvalue weighted by atomic mass is 10.2. The summed E-state index contributed by atoms with van der Waals surface area (Å²) in [6.07, 6.45) is 0.647. The second-order valence-electron chi connectivity index (χ2n) is 3.18. The molecule has 5 heteroatoms. The molecule has 1 N–H and O–H groups in total. The summed E-state index contributed by atoms with van der Waals surface area (Å²) in [5, 5.41) is 8.44. The van der Waals surface area contributed by atoms with Crippen molar-refractivity contribution in [3.8, 4) is 0 Å². The Kier molecular flexibility index (Phi) is 4.13. The molecule has 1 unspecified atom stereocenters. The first-order valence-corrected chi connectivity index (χ1v) is 5.53. The van der Waals surface area contributed by atoms with E-state index in [1.54, 1.807) is 20.8 Å². The van der Waals surface area contributed by atoms with Crippen molar-refractivity contribution in [3.05, 3.63) is 11.5 Å². The summed E-state index contributed by atoms with van der Waals surface area (Å²) in [6.45, 7) is 5.11. The van der Waals surface area contributed by atoms with Gasteiger partial charge in [-0.1, -0.05) is 13.8 Å². The van der Waals surface area contributed by atoms with Gasteiger partial charge in [0.1, 0.15) is 0 Å². The third kappa shape index (κ3) is 4.07. The van der Waals surface area contributed by atoms with Gasteiger partial charge >= 0.3 is 5.97 Å². The Bertz CT molecular complexity index is 300. The van der Waals surface area contributed by atoms with Crippen molar-refractivity contribution >= 4 is 15.8 Å². The van der Waals surface area contributed by atoms with Crippen molar-refractivity contribution in [2.24, 2.45) is 5.92 Å². The number of carbonyl (C=O) groups is 1. The van der Waals surface area contributed by atoms with Crippen LogP contribution in [0.2, 0.25) is 0 Å². The first-order chi connectivity index (χ1) is 5.77. The molecule has 13 heavy (non-hydrogen) atoms. The van der Waals surface area contributed by atoms with Gasteiger partial charge in [-0.15, -0.1) is 0 Å². The third-order valence-electron chi connectivity index (χ3n) is 1.86. The SMILES string of the molecule is CC(C)C(C)S(=O)(=O)/C=C/C(=O)O. The van der Waals surface area contributed by atoms with Crippen LogP contribution in [0.15, 0.2) is 11.5 Å². The van der Waals surface area contributed by atoms with Crippen LogP contribution in [0.1, 0.15) is 20.8 Å². The zero-order valence-corrected chi connectivity index (χ0v) is 8.71. The summed E-state index contributed by atoms with van der Waals surface area (Å²) in [4.78, 5) is 10.1. The quantitative estimate of drug-likeness (QED) is 0.698. The molecule has 0 bridgehead atoms. The fourth-order valence-electron chi connectivity index (χ4n) is 0.656. The van der Waals surface area contributed by atoms with Crippen LogP contribution in [0.3, 0.4) is 0 Å². The molecule has 0 rings (SSSR count). The Morgan fingerprint density at radius 1 is 1.31 bits per heavy atom. The van der Waals surface area contributed by atoms with Crippen LogP contribution in [0.5, 0.6) is 0 Å². The van der Waals surface area contributed by atoms with E-state index >= 15 is 0 Å². The summed E-state index contributed by atoms with van der Waals surface area (Å²) < 4.78 is 22.7. The zero-order valence-electron chi connectivity index (χ0n) is 7.89. The minimum absolute atomic E-state index is 0.0246. The number of hydrogen-bond acceptors (Lipinski definition) is 3. The Balaban J connectivity index is 4.69. The molecular formula is C8H14O4S. The molecule has 1 atom stereocenters. The summed E-state index contributed by atoms with van der Waals surface area (Å²) in [5.41, 5.74) is 0. The van der Waals surface area contributed by atoms with Crippen molar-refractivity contribution in [1.29, 1.82) is 0 Å². The molecule has 0 aliphatic heterocycles. The molecule has 4 nitrogen and oxygen atoms in total. The largest absolute Gasteiger partial charge is 0.478 e. The molecule has 0 saturated carbocycles. The van der Waals surface area contributed by atoms with E-state index in [1.165, 1.54) is 0 Å². The van der Waals surface area contributed by atoms with Crippen molar-refractivity contribution in [3.63, 3.8) is 0 Å². The van der Waals surface area contributed by atoms with Crippen molar-refractivity contribution in [1.82, 2.24) is 0 Å². The second-order valence-corrected chi connectivity index (χ2v) is 5.37. The fourth-order valence-corrected chi connectivity index (χ4v) is 1.97. The molecule has 0 aliphatic carbocycles. The van der Waals surface area contributed by atoms with E-state index in [2.05, 4.69) is 0 Å². The van der Waals surface area contributed by atoms with Crippen molar-refractivity contribution in [2.45, 2.75) is 26.0 Å². The van der Waals surface area contributed by atoms with E-state index in [0.29, 0.717) is 6.08 Å². The number of carboxylic acid groups (broad SMARTS) is 1. The number of hydrogen-bond donors (Lipinski definition) is 1. The number of aliphatic carboxylic acids is 1. The molecule has 0 aromatic rings. The highest BCUT2D eigenvalue weighted by Crippen LogP contribution is 2.13. The van der Waals surface area contributed by atoms with Crippen LogP contribution >= 0.6 is 0 Å². The van der Waals surface area contributed by atoms with Crippen LogP contribution in [0.25, 0.3) is 0 Å². The van der Waals surface area contributed by atoms with Crippen LogP contribution < -0.4 is 0 Å². The van der Waals surface area contributed by atoms with Crippen LogP contribution in [0.4, 0.5) is 0 Å². The van der Waals surface area contributed by atoms with Crippen LogP contribution in [0, 0.1) is 5.92 Å².